The fourth-order valence-electron chi connectivity index (χ4n) is 4.35. The smallest absolute Gasteiger partial charge is 0.0233 e. The molecule has 0 bridgehead atoms. The summed E-state index contributed by atoms with van der Waals surface area (Å²) in [5.41, 5.74) is 0. The van der Waals surface area contributed by atoms with E-state index in [0.29, 0.717) is 0 Å². The van der Waals surface area contributed by atoms with Gasteiger partial charge < -0.3 is 0 Å². The fraction of sp³-hybridized carbons (Fsp3) is 0.810. The molecule has 120 valence electrons. The molecule has 2 fully saturated rings. The third kappa shape index (κ3) is 6.01. The second-order valence-electron chi connectivity index (χ2n) is 7.50. The summed E-state index contributed by atoms with van der Waals surface area (Å²) in [4.78, 5) is 0. The van der Waals surface area contributed by atoms with E-state index in [1.165, 1.54) is 70.6 Å². The largest absolute Gasteiger partial charge is 0.0914 e. The molecular formula is C21H36. The van der Waals surface area contributed by atoms with Crippen molar-refractivity contribution in [1.29, 1.82) is 0 Å². The van der Waals surface area contributed by atoms with Gasteiger partial charge in [-0.15, -0.1) is 0 Å². The Bertz CT molecular complexity index is 309. The van der Waals surface area contributed by atoms with Gasteiger partial charge in [-0.25, -0.2) is 0 Å². The molecule has 0 aromatic carbocycles. The Balaban J connectivity index is 1.57. The van der Waals surface area contributed by atoms with Gasteiger partial charge in [0.05, 0.1) is 0 Å². The van der Waals surface area contributed by atoms with Gasteiger partial charge in [0.1, 0.15) is 0 Å². The van der Waals surface area contributed by atoms with Crippen LogP contribution in [0, 0.1) is 23.7 Å². The van der Waals surface area contributed by atoms with Crippen molar-refractivity contribution < 1.29 is 0 Å². The molecule has 0 aromatic rings. The van der Waals surface area contributed by atoms with Crippen molar-refractivity contribution in [2.24, 2.45) is 23.7 Å². The predicted molar refractivity (Wildman–Crippen MR) is 94.4 cm³/mol. The summed E-state index contributed by atoms with van der Waals surface area (Å²) in [7, 11) is 0. The maximum absolute atomic E-state index is 2.55. The second-order valence-corrected chi connectivity index (χ2v) is 7.50. The number of hydrogen-bond donors (Lipinski definition) is 0. The molecular weight excluding hydrogens is 252 g/mol. The van der Waals surface area contributed by atoms with E-state index in [0.717, 1.165) is 23.7 Å². The first-order valence-electron chi connectivity index (χ1n) is 9.61. The van der Waals surface area contributed by atoms with Gasteiger partial charge in [0, 0.05) is 0 Å². The summed E-state index contributed by atoms with van der Waals surface area (Å²) >= 11 is 0. The molecule has 21 heavy (non-hydrogen) atoms. The molecule has 0 aliphatic heterocycles. The van der Waals surface area contributed by atoms with E-state index in [1.54, 1.807) is 0 Å². The quantitative estimate of drug-likeness (QED) is 0.465. The van der Waals surface area contributed by atoms with E-state index < -0.39 is 0 Å². The van der Waals surface area contributed by atoms with E-state index in [4.69, 9.17) is 0 Å². The molecule has 2 aliphatic rings. The van der Waals surface area contributed by atoms with Gasteiger partial charge in [0.25, 0.3) is 0 Å². The summed E-state index contributed by atoms with van der Waals surface area (Å²) < 4.78 is 0. The Morgan fingerprint density at radius 1 is 0.762 bits per heavy atom. The lowest BCUT2D eigenvalue weighted by Crippen LogP contribution is -2.13. The first-order chi connectivity index (χ1) is 10.3. The molecule has 0 N–H and O–H groups in total. The van der Waals surface area contributed by atoms with Crippen molar-refractivity contribution in [2.45, 2.75) is 84.5 Å². The average Bonchev–Trinajstić information content (AvgIpc) is 2.54. The van der Waals surface area contributed by atoms with E-state index in [2.05, 4.69) is 38.2 Å². The highest BCUT2D eigenvalue weighted by Gasteiger charge is 2.19. The van der Waals surface area contributed by atoms with E-state index in [9.17, 15) is 0 Å². The van der Waals surface area contributed by atoms with Gasteiger partial charge in [-0.2, -0.15) is 0 Å². The molecule has 0 heterocycles. The maximum Gasteiger partial charge on any atom is -0.0233 e. The highest BCUT2D eigenvalue weighted by molar-refractivity contribution is 4.95. The zero-order valence-electron chi connectivity index (χ0n) is 14.4. The molecule has 0 aromatic heterocycles. The first-order valence-corrected chi connectivity index (χ1v) is 9.61. The summed E-state index contributed by atoms with van der Waals surface area (Å²) in [6.07, 6.45) is 25.5. The minimum atomic E-state index is 0.869. The Labute approximate surface area is 133 Å². The molecule has 0 heteroatoms. The van der Waals surface area contributed by atoms with Gasteiger partial charge in [-0.3, -0.25) is 0 Å². The van der Waals surface area contributed by atoms with Crippen molar-refractivity contribution in [3.05, 3.63) is 24.3 Å². The first kappa shape index (κ1) is 16.8. The summed E-state index contributed by atoms with van der Waals surface area (Å²) in [6.45, 7) is 4.51. The molecule has 2 saturated carbocycles. The van der Waals surface area contributed by atoms with Crippen LogP contribution in [-0.4, -0.2) is 0 Å². The van der Waals surface area contributed by atoms with Crippen LogP contribution in [0.1, 0.15) is 84.5 Å². The molecule has 0 saturated heterocycles. The van der Waals surface area contributed by atoms with Crippen molar-refractivity contribution in [1.82, 2.24) is 0 Å². The van der Waals surface area contributed by atoms with Crippen molar-refractivity contribution in [3.63, 3.8) is 0 Å². The third-order valence-electron chi connectivity index (χ3n) is 5.97. The highest BCUT2D eigenvalue weighted by Crippen LogP contribution is 2.33. The normalized spacial score (nSPS) is 34.8. The minimum Gasteiger partial charge on any atom is -0.0914 e. The van der Waals surface area contributed by atoms with E-state index >= 15 is 0 Å². The Hall–Kier alpha value is -0.520. The molecule has 0 atom stereocenters. The molecule has 0 unspecified atom stereocenters. The van der Waals surface area contributed by atoms with Crippen LogP contribution in [0.2, 0.25) is 0 Å². The third-order valence-corrected chi connectivity index (χ3v) is 5.97. The van der Waals surface area contributed by atoms with Crippen LogP contribution in [-0.2, 0) is 0 Å². The van der Waals surface area contributed by atoms with Crippen molar-refractivity contribution in [3.8, 4) is 0 Å². The Kier molecular flexibility index (Phi) is 7.61. The topological polar surface area (TPSA) is 0 Å². The number of hydrogen-bond acceptors (Lipinski definition) is 0. The average molecular weight is 289 g/mol. The Morgan fingerprint density at radius 3 is 1.90 bits per heavy atom. The molecule has 0 radical (unpaired) electrons. The zero-order chi connectivity index (χ0) is 14.9. The van der Waals surface area contributed by atoms with Gasteiger partial charge in [0.2, 0.25) is 0 Å². The Morgan fingerprint density at radius 2 is 1.33 bits per heavy atom. The van der Waals surface area contributed by atoms with Crippen LogP contribution in [0.5, 0.6) is 0 Å². The number of rotatable bonds is 6. The SMILES string of the molecule is C/C=C/C1CCC(/C=C/CCC2CCC(CC)CC2)CC1. The van der Waals surface area contributed by atoms with Crippen LogP contribution in [0.15, 0.2) is 24.3 Å². The standard InChI is InChI=1S/C21H36/c1-3-7-19-14-16-21(17-15-19)9-6-5-8-20-12-10-18(4-2)11-13-20/h3,6-7,9,18-21H,4-5,8,10-17H2,1-2H3/b7-3+,9-6+. The van der Waals surface area contributed by atoms with Gasteiger partial charge >= 0.3 is 0 Å². The maximum atomic E-state index is 2.55. The molecule has 2 aliphatic carbocycles. The zero-order valence-corrected chi connectivity index (χ0v) is 14.4. The number of allylic oxidation sites excluding steroid dienone is 4. The molecule has 2 rings (SSSR count). The van der Waals surface area contributed by atoms with Crippen LogP contribution in [0.3, 0.4) is 0 Å². The van der Waals surface area contributed by atoms with Gasteiger partial charge in [-0.1, -0.05) is 63.3 Å². The summed E-state index contributed by atoms with van der Waals surface area (Å²) in [5.74, 6) is 3.82. The van der Waals surface area contributed by atoms with E-state index in [1.807, 2.05) is 0 Å². The molecule has 0 nitrogen and oxygen atoms in total. The van der Waals surface area contributed by atoms with Crippen LogP contribution >= 0.6 is 0 Å². The van der Waals surface area contributed by atoms with Gasteiger partial charge in [-0.05, 0) is 69.1 Å². The summed E-state index contributed by atoms with van der Waals surface area (Å²) in [6, 6.07) is 0. The monoisotopic (exact) mass is 288 g/mol. The molecule has 0 spiro atoms. The lowest BCUT2D eigenvalue weighted by molar-refractivity contribution is 0.259. The predicted octanol–water partition coefficient (Wildman–Crippen LogP) is 6.92. The van der Waals surface area contributed by atoms with Crippen molar-refractivity contribution >= 4 is 0 Å². The van der Waals surface area contributed by atoms with E-state index in [-0.39, 0.29) is 0 Å². The van der Waals surface area contributed by atoms with Crippen molar-refractivity contribution in [2.75, 3.05) is 0 Å². The molecule has 0 amide bonds. The highest BCUT2D eigenvalue weighted by atomic mass is 14.3. The van der Waals surface area contributed by atoms with Crippen LogP contribution in [0.4, 0.5) is 0 Å². The van der Waals surface area contributed by atoms with Crippen LogP contribution < -0.4 is 0 Å². The minimum absolute atomic E-state index is 0.869. The fourth-order valence-corrected chi connectivity index (χ4v) is 4.35. The van der Waals surface area contributed by atoms with Gasteiger partial charge in [0.15, 0.2) is 0 Å². The second kappa shape index (κ2) is 9.49. The lowest BCUT2D eigenvalue weighted by atomic mass is 9.79. The summed E-state index contributed by atoms with van der Waals surface area (Å²) in [5, 5.41) is 0. The van der Waals surface area contributed by atoms with Crippen LogP contribution in [0.25, 0.3) is 0 Å². The lowest BCUT2D eigenvalue weighted by Gasteiger charge is -2.27.